The van der Waals surface area contributed by atoms with Crippen LogP contribution in [-0.4, -0.2) is 37.1 Å². The van der Waals surface area contributed by atoms with Gasteiger partial charge in [0.25, 0.3) is 0 Å². The Balaban J connectivity index is 0.00000420. The number of esters is 1. The summed E-state index contributed by atoms with van der Waals surface area (Å²) in [4.78, 5) is 21.0. The van der Waals surface area contributed by atoms with Crippen molar-refractivity contribution in [3.05, 3.63) is 51.0 Å². The second-order valence-electron chi connectivity index (χ2n) is 6.08. The molecule has 2 N–H and O–H groups in total. The molecular formula is C19H25F2IN4O2S. The summed E-state index contributed by atoms with van der Waals surface area (Å²) in [6.07, 6.45) is 0.438. The van der Waals surface area contributed by atoms with Crippen LogP contribution in [-0.2, 0) is 11.2 Å². The van der Waals surface area contributed by atoms with Gasteiger partial charge in [-0.15, -0.1) is 35.3 Å². The third-order valence-corrected chi connectivity index (χ3v) is 5.17. The van der Waals surface area contributed by atoms with Gasteiger partial charge in [-0.2, -0.15) is 0 Å². The number of nitrogens with one attached hydrogen (secondary N) is 2. The Kier molecular flexibility index (Phi) is 10.4. The number of ether oxygens (including phenoxy) is 1. The third-order valence-electron chi connectivity index (χ3n) is 3.85. The van der Waals surface area contributed by atoms with E-state index in [2.05, 4.69) is 20.6 Å². The van der Waals surface area contributed by atoms with E-state index in [1.165, 1.54) is 23.5 Å². The highest BCUT2D eigenvalue weighted by atomic mass is 127. The van der Waals surface area contributed by atoms with Crippen molar-refractivity contribution in [1.29, 1.82) is 0 Å². The molecule has 0 amide bonds. The van der Waals surface area contributed by atoms with Gasteiger partial charge in [0.05, 0.1) is 18.3 Å². The average molecular weight is 538 g/mol. The molecule has 0 fully saturated rings. The summed E-state index contributed by atoms with van der Waals surface area (Å²) < 4.78 is 31.5. The topological polar surface area (TPSA) is 75.6 Å². The fraction of sp³-hybridized carbons (Fsp3) is 0.421. The maximum absolute atomic E-state index is 13.2. The lowest BCUT2D eigenvalue weighted by Crippen LogP contribution is -2.39. The fourth-order valence-corrected chi connectivity index (χ4v) is 3.49. The molecule has 0 saturated carbocycles. The molecule has 10 heteroatoms. The van der Waals surface area contributed by atoms with E-state index in [1.54, 1.807) is 20.9 Å². The minimum Gasteiger partial charge on any atom is -0.462 e. The molecule has 0 saturated heterocycles. The first-order valence-electron chi connectivity index (χ1n) is 8.90. The van der Waals surface area contributed by atoms with Crippen LogP contribution in [0.25, 0.3) is 0 Å². The molecule has 2 rings (SSSR count). The number of benzene rings is 1. The zero-order chi connectivity index (χ0) is 20.7. The monoisotopic (exact) mass is 538 g/mol. The number of nitrogens with zero attached hydrogens (tertiary/aromatic N) is 2. The van der Waals surface area contributed by atoms with Crippen LogP contribution in [0, 0.1) is 18.6 Å². The molecule has 0 aliphatic carbocycles. The normalized spacial score (nSPS) is 12.1. The number of carbonyl (C=O) groups excluding carboxylic acids is 1. The first-order chi connectivity index (χ1) is 13.3. The van der Waals surface area contributed by atoms with Gasteiger partial charge >= 0.3 is 5.97 Å². The van der Waals surface area contributed by atoms with Gasteiger partial charge in [0, 0.05) is 19.7 Å². The third kappa shape index (κ3) is 7.50. The minimum atomic E-state index is -0.595. The molecule has 0 radical (unpaired) electrons. The maximum atomic E-state index is 13.2. The Morgan fingerprint density at radius 3 is 2.55 bits per heavy atom. The number of aromatic nitrogens is 1. The van der Waals surface area contributed by atoms with Crippen molar-refractivity contribution < 1.29 is 18.3 Å². The van der Waals surface area contributed by atoms with Crippen LogP contribution in [0.5, 0.6) is 0 Å². The zero-order valence-corrected chi connectivity index (χ0v) is 19.9. The van der Waals surface area contributed by atoms with Crippen molar-refractivity contribution >= 4 is 47.2 Å². The summed E-state index contributed by atoms with van der Waals surface area (Å²) in [5.41, 5.74) is 1.19. The summed E-state index contributed by atoms with van der Waals surface area (Å²) in [7, 11) is 1.63. The Labute approximate surface area is 190 Å². The number of hydrogen-bond acceptors (Lipinski definition) is 5. The van der Waals surface area contributed by atoms with Crippen molar-refractivity contribution in [3.8, 4) is 0 Å². The van der Waals surface area contributed by atoms with Gasteiger partial charge < -0.3 is 15.4 Å². The van der Waals surface area contributed by atoms with Gasteiger partial charge in [-0.3, -0.25) is 4.99 Å². The molecule has 0 aliphatic rings. The second-order valence-corrected chi connectivity index (χ2v) is 7.11. The van der Waals surface area contributed by atoms with Gasteiger partial charge in [0.2, 0.25) is 0 Å². The highest BCUT2D eigenvalue weighted by Crippen LogP contribution is 2.24. The quantitative estimate of drug-likeness (QED) is 0.242. The van der Waals surface area contributed by atoms with Crippen LogP contribution in [0.1, 0.15) is 45.8 Å². The standard InChI is InChI=1S/C19H24F2N4O2S.HI/c1-5-27-18(26)16-11(2)24-17(28-16)12(3)25-19(22-4)23-7-6-13-8-14(20)10-15(21)9-13;/h8-10,12H,5-7H2,1-4H3,(H2,22,23,25);1H. The number of halogens is 3. The Hall–Kier alpha value is -1.82. The molecule has 0 bridgehead atoms. The van der Waals surface area contributed by atoms with Crippen molar-refractivity contribution in [3.63, 3.8) is 0 Å². The number of guanidine groups is 1. The lowest BCUT2D eigenvalue weighted by atomic mass is 10.1. The SMILES string of the molecule is CCOC(=O)c1sc(C(C)NC(=NC)NCCc2cc(F)cc(F)c2)nc1C.I. The second kappa shape index (κ2) is 12.0. The van der Waals surface area contributed by atoms with E-state index < -0.39 is 11.6 Å². The smallest absolute Gasteiger partial charge is 0.350 e. The van der Waals surface area contributed by atoms with E-state index in [-0.39, 0.29) is 36.0 Å². The zero-order valence-electron chi connectivity index (χ0n) is 16.7. The summed E-state index contributed by atoms with van der Waals surface area (Å²) in [5.74, 6) is -1.04. The number of carbonyl (C=O) groups is 1. The first kappa shape index (κ1) is 25.2. The van der Waals surface area contributed by atoms with Crippen molar-refractivity contribution in [2.24, 2.45) is 4.99 Å². The highest BCUT2D eigenvalue weighted by Gasteiger charge is 2.20. The van der Waals surface area contributed by atoms with Crippen LogP contribution in [0.2, 0.25) is 0 Å². The van der Waals surface area contributed by atoms with E-state index in [0.29, 0.717) is 41.7 Å². The summed E-state index contributed by atoms with van der Waals surface area (Å²) in [6.45, 7) is 6.19. The molecule has 1 atom stereocenters. The predicted octanol–water partition coefficient (Wildman–Crippen LogP) is 3.99. The van der Waals surface area contributed by atoms with Gasteiger partial charge in [0.15, 0.2) is 5.96 Å². The summed E-state index contributed by atoms with van der Waals surface area (Å²) in [5, 5.41) is 7.02. The number of rotatable bonds is 7. The summed E-state index contributed by atoms with van der Waals surface area (Å²) >= 11 is 1.28. The summed E-state index contributed by atoms with van der Waals surface area (Å²) in [6, 6.07) is 3.27. The molecule has 1 aromatic carbocycles. The van der Waals surface area contributed by atoms with Crippen molar-refractivity contribution in [2.45, 2.75) is 33.2 Å². The predicted molar refractivity (Wildman–Crippen MR) is 121 cm³/mol. The maximum Gasteiger partial charge on any atom is 0.350 e. The minimum absolute atomic E-state index is 0. The average Bonchev–Trinajstić information content (AvgIpc) is 3.02. The highest BCUT2D eigenvalue weighted by molar-refractivity contribution is 14.0. The Bertz CT molecular complexity index is 840. The lowest BCUT2D eigenvalue weighted by Gasteiger charge is -2.16. The van der Waals surface area contributed by atoms with E-state index >= 15 is 0 Å². The van der Waals surface area contributed by atoms with Crippen molar-refractivity contribution in [1.82, 2.24) is 15.6 Å². The van der Waals surface area contributed by atoms with Crippen molar-refractivity contribution in [2.75, 3.05) is 20.2 Å². The van der Waals surface area contributed by atoms with Crippen LogP contribution >= 0.6 is 35.3 Å². The van der Waals surface area contributed by atoms with Crippen LogP contribution in [0.3, 0.4) is 0 Å². The van der Waals surface area contributed by atoms with Crippen LogP contribution in [0.15, 0.2) is 23.2 Å². The molecule has 6 nitrogen and oxygen atoms in total. The first-order valence-corrected chi connectivity index (χ1v) is 9.72. The number of aliphatic imine (C=N–C) groups is 1. The number of thiazole rings is 1. The number of hydrogen-bond donors (Lipinski definition) is 2. The van der Waals surface area contributed by atoms with E-state index in [1.807, 2.05) is 6.92 Å². The molecular weight excluding hydrogens is 513 g/mol. The molecule has 1 unspecified atom stereocenters. The largest absolute Gasteiger partial charge is 0.462 e. The molecule has 0 spiro atoms. The Morgan fingerprint density at radius 2 is 1.97 bits per heavy atom. The molecule has 1 aromatic heterocycles. The molecule has 160 valence electrons. The van der Waals surface area contributed by atoms with Crippen LogP contribution in [0.4, 0.5) is 8.78 Å². The molecule has 29 heavy (non-hydrogen) atoms. The molecule has 1 heterocycles. The van der Waals surface area contributed by atoms with Gasteiger partial charge in [0.1, 0.15) is 21.5 Å². The van der Waals surface area contributed by atoms with Gasteiger partial charge in [-0.1, -0.05) is 0 Å². The van der Waals surface area contributed by atoms with E-state index in [9.17, 15) is 13.6 Å². The lowest BCUT2D eigenvalue weighted by molar-refractivity contribution is 0.0531. The van der Waals surface area contributed by atoms with E-state index in [0.717, 1.165) is 11.1 Å². The van der Waals surface area contributed by atoms with Crippen LogP contribution < -0.4 is 10.6 Å². The van der Waals surface area contributed by atoms with Gasteiger partial charge in [-0.05, 0) is 44.9 Å². The van der Waals surface area contributed by atoms with Gasteiger partial charge in [-0.25, -0.2) is 18.6 Å². The molecule has 2 aromatic rings. The molecule has 0 aliphatic heterocycles. The Morgan fingerprint density at radius 1 is 1.31 bits per heavy atom. The fourth-order valence-electron chi connectivity index (χ4n) is 2.53. The number of aryl methyl sites for hydroxylation is 1. The van der Waals surface area contributed by atoms with E-state index in [4.69, 9.17) is 4.74 Å².